The maximum atomic E-state index is 12.6. The fourth-order valence-corrected chi connectivity index (χ4v) is 3.57. The first-order valence-corrected chi connectivity index (χ1v) is 9.20. The molecule has 0 radical (unpaired) electrons. The Bertz CT molecular complexity index is 1030. The van der Waals surface area contributed by atoms with Crippen LogP contribution in [0.15, 0.2) is 63.8 Å². The summed E-state index contributed by atoms with van der Waals surface area (Å²) in [6.07, 6.45) is 0.885. The third-order valence-electron chi connectivity index (χ3n) is 4.96. The van der Waals surface area contributed by atoms with Crippen LogP contribution in [0.2, 0.25) is 0 Å². The molecular weight excluding hydrogens is 340 g/mol. The van der Waals surface area contributed by atoms with Gasteiger partial charge in [-0.3, -0.25) is 14.5 Å². The van der Waals surface area contributed by atoms with Crippen LogP contribution in [0, 0.1) is 6.92 Å². The third-order valence-corrected chi connectivity index (χ3v) is 4.96. The lowest BCUT2D eigenvalue weighted by molar-refractivity contribution is 0.0910. The van der Waals surface area contributed by atoms with E-state index in [0.29, 0.717) is 11.0 Å². The Morgan fingerprint density at radius 1 is 1.19 bits per heavy atom. The monoisotopic (exact) mass is 362 g/mol. The van der Waals surface area contributed by atoms with Gasteiger partial charge in [0.1, 0.15) is 5.58 Å². The first kappa shape index (κ1) is 17.5. The van der Waals surface area contributed by atoms with E-state index < -0.39 is 0 Å². The molecule has 1 aliphatic rings. The largest absolute Gasteiger partial charge is 0.451 e. The van der Waals surface area contributed by atoms with Crippen LogP contribution in [0.4, 0.5) is 0 Å². The Morgan fingerprint density at radius 3 is 2.81 bits per heavy atom. The number of carbonyl (C=O) groups excluding carboxylic acids is 1. The van der Waals surface area contributed by atoms with Crippen molar-refractivity contribution in [1.29, 1.82) is 0 Å². The second-order valence-corrected chi connectivity index (χ2v) is 7.15. The zero-order valence-electron chi connectivity index (χ0n) is 15.3. The summed E-state index contributed by atoms with van der Waals surface area (Å²) in [7, 11) is 0. The number of nitrogens with zero attached hydrogens (tertiary/aromatic N) is 1. The Labute approximate surface area is 157 Å². The summed E-state index contributed by atoms with van der Waals surface area (Å²) in [5.41, 5.74) is 2.49. The van der Waals surface area contributed by atoms with E-state index >= 15 is 0 Å². The van der Waals surface area contributed by atoms with Crippen LogP contribution in [0.1, 0.15) is 28.1 Å². The van der Waals surface area contributed by atoms with E-state index in [2.05, 4.69) is 22.3 Å². The van der Waals surface area contributed by atoms with Gasteiger partial charge in [-0.05, 0) is 31.0 Å². The SMILES string of the molecule is Cc1ccc2oc(C(=O)NC3CCN(Cc4ccccc4)C3)cc(=O)c2c1. The Morgan fingerprint density at radius 2 is 2.00 bits per heavy atom. The minimum atomic E-state index is -0.332. The molecule has 3 aromatic rings. The van der Waals surface area contributed by atoms with E-state index in [4.69, 9.17) is 4.42 Å². The molecule has 0 aliphatic carbocycles. The Hall–Kier alpha value is -2.92. The van der Waals surface area contributed by atoms with E-state index in [1.807, 2.05) is 31.2 Å². The minimum Gasteiger partial charge on any atom is -0.451 e. The highest BCUT2D eigenvalue weighted by Gasteiger charge is 2.25. The number of nitrogens with one attached hydrogen (secondary N) is 1. The zero-order chi connectivity index (χ0) is 18.8. The summed E-state index contributed by atoms with van der Waals surface area (Å²) < 4.78 is 5.67. The molecule has 1 fully saturated rings. The molecule has 0 bridgehead atoms. The van der Waals surface area contributed by atoms with Gasteiger partial charge in [-0.25, -0.2) is 0 Å². The molecule has 2 aromatic carbocycles. The van der Waals surface area contributed by atoms with Crippen molar-refractivity contribution in [2.75, 3.05) is 13.1 Å². The molecular formula is C22H22N2O3. The number of hydrogen-bond donors (Lipinski definition) is 1. The van der Waals surface area contributed by atoms with Crippen molar-refractivity contribution in [3.63, 3.8) is 0 Å². The van der Waals surface area contributed by atoms with Gasteiger partial charge >= 0.3 is 0 Å². The lowest BCUT2D eigenvalue weighted by Gasteiger charge is -2.16. The highest BCUT2D eigenvalue weighted by atomic mass is 16.3. The van der Waals surface area contributed by atoms with Crippen LogP contribution in [0.5, 0.6) is 0 Å². The number of hydrogen-bond acceptors (Lipinski definition) is 4. The summed E-state index contributed by atoms with van der Waals surface area (Å²) in [4.78, 5) is 27.2. The van der Waals surface area contributed by atoms with Crippen molar-refractivity contribution in [1.82, 2.24) is 10.2 Å². The Balaban J connectivity index is 1.43. The molecule has 0 spiro atoms. The van der Waals surface area contributed by atoms with E-state index in [1.165, 1.54) is 11.6 Å². The number of rotatable bonds is 4. The molecule has 1 saturated heterocycles. The highest BCUT2D eigenvalue weighted by molar-refractivity contribution is 5.93. The van der Waals surface area contributed by atoms with Gasteiger partial charge in [0.15, 0.2) is 11.2 Å². The van der Waals surface area contributed by atoms with Crippen LogP contribution in [0.25, 0.3) is 11.0 Å². The third kappa shape index (κ3) is 3.93. The molecule has 1 atom stereocenters. The van der Waals surface area contributed by atoms with E-state index in [9.17, 15) is 9.59 Å². The van der Waals surface area contributed by atoms with Gasteiger partial charge in [0, 0.05) is 31.7 Å². The second kappa shape index (κ2) is 7.37. The standard InChI is InChI=1S/C22H22N2O3/c1-15-7-8-20-18(11-15)19(25)12-21(27-20)22(26)23-17-9-10-24(14-17)13-16-5-3-2-4-6-16/h2-8,11-12,17H,9-10,13-14H2,1H3,(H,23,26). The molecule has 1 aromatic heterocycles. The topological polar surface area (TPSA) is 62.6 Å². The minimum absolute atomic E-state index is 0.0558. The fraction of sp³-hybridized carbons (Fsp3) is 0.273. The molecule has 5 heteroatoms. The predicted octanol–water partition coefficient (Wildman–Crippen LogP) is 3.11. The summed E-state index contributed by atoms with van der Waals surface area (Å²) in [6.45, 7) is 4.51. The number of aryl methyl sites for hydroxylation is 1. The average molecular weight is 362 g/mol. The number of fused-ring (bicyclic) bond motifs is 1. The first-order valence-electron chi connectivity index (χ1n) is 9.20. The molecule has 1 unspecified atom stereocenters. The molecule has 0 saturated carbocycles. The average Bonchev–Trinajstić information content (AvgIpc) is 3.09. The zero-order valence-corrected chi connectivity index (χ0v) is 15.3. The molecule has 1 aliphatic heterocycles. The first-order chi connectivity index (χ1) is 13.1. The summed E-state index contributed by atoms with van der Waals surface area (Å²) in [5, 5.41) is 3.50. The number of likely N-dealkylation sites (tertiary alicyclic amines) is 1. The van der Waals surface area contributed by atoms with Gasteiger partial charge in [-0.15, -0.1) is 0 Å². The van der Waals surface area contributed by atoms with E-state index in [0.717, 1.165) is 31.6 Å². The smallest absolute Gasteiger partial charge is 0.287 e. The van der Waals surface area contributed by atoms with Gasteiger partial charge in [-0.2, -0.15) is 0 Å². The van der Waals surface area contributed by atoms with Crippen molar-refractivity contribution < 1.29 is 9.21 Å². The van der Waals surface area contributed by atoms with Crippen LogP contribution in [0.3, 0.4) is 0 Å². The molecule has 5 nitrogen and oxygen atoms in total. The van der Waals surface area contributed by atoms with Crippen molar-refractivity contribution in [3.05, 3.63) is 81.7 Å². The van der Waals surface area contributed by atoms with Crippen LogP contribution in [-0.2, 0) is 6.54 Å². The summed E-state index contributed by atoms with van der Waals surface area (Å²) >= 11 is 0. The Kier molecular flexibility index (Phi) is 4.77. The van der Waals surface area contributed by atoms with Gasteiger partial charge in [0.2, 0.25) is 0 Å². The van der Waals surface area contributed by atoms with Gasteiger partial charge < -0.3 is 9.73 Å². The van der Waals surface area contributed by atoms with E-state index in [-0.39, 0.29) is 23.1 Å². The second-order valence-electron chi connectivity index (χ2n) is 7.15. The molecule has 2 heterocycles. The molecule has 1 N–H and O–H groups in total. The van der Waals surface area contributed by atoms with Crippen LogP contribution in [-0.4, -0.2) is 29.9 Å². The van der Waals surface area contributed by atoms with Crippen molar-refractivity contribution in [2.45, 2.75) is 25.9 Å². The quantitative estimate of drug-likeness (QED) is 0.775. The van der Waals surface area contributed by atoms with Crippen molar-refractivity contribution in [3.8, 4) is 0 Å². The summed E-state index contributed by atoms with van der Waals surface area (Å²) in [6, 6.07) is 17.0. The van der Waals surface area contributed by atoms with Gasteiger partial charge in [-0.1, -0.05) is 42.0 Å². The van der Waals surface area contributed by atoms with Crippen molar-refractivity contribution in [2.24, 2.45) is 0 Å². The molecule has 1 amide bonds. The predicted molar refractivity (Wildman–Crippen MR) is 105 cm³/mol. The van der Waals surface area contributed by atoms with Crippen LogP contribution >= 0.6 is 0 Å². The van der Waals surface area contributed by atoms with E-state index in [1.54, 1.807) is 12.1 Å². The number of benzene rings is 2. The molecule has 4 rings (SSSR count). The number of carbonyl (C=O) groups is 1. The highest BCUT2D eigenvalue weighted by Crippen LogP contribution is 2.16. The van der Waals surface area contributed by atoms with Crippen LogP contribution < -0.4 is 10.7 Å². The number of amides is 1. The molecule has 138 valence electrons. The normalized spacial score (nSPS) is 17.3. The maximum absolute atomic E-state index is 12.6. The lowest BCUT2D eigenvalue weighted by Crippen LogP contribution is -2.37. The van der Waals surface area contributed by atoms with Gasteiger partial charge in [0.25, 0.3) is 5.91 Å². The van der Waals surface area contributed by atoms with Gasteiger partial charge in [0.05, 0.1) is 5.39 Å². The van der Waals surface area contributed by atoms with Crippen molar-refractivity contribution >= 4 is 16.9 Å². The maximum Gasteiger partial charge on any atom is 0.287 e. The lowest BCUT2D eigenvalue weighted by atomic mass is 10.1. The fourth-order valence-electron chi connectivity index (χ4n) is 3.57. The summed E-state index contributed by atoms with van der Waals surface area (Å²) in [5.74, 6) is -0.265. The molecule has 27 heavy (non-hydrogen) atoms.